The molecule has 1 saturated heterocycles. The number of aliphatic hydroxyl groups is 1. The van der Waals surface area contributed by atoms with Crippen molar-refractivity contribution in [1.29, 1.82) is 0 Å². The maximum Gasteiger partial charge on any atom is 0.227 e. The van der Waals surface area contributed by atoms with Gasteiger partial charge in [-0.1, -0.05) is 29.4 Å². The summed E-state index contributed by atoms with van der Waals surface area (Å²) >= 11 is 0. The number of oxime groups is 1. The van der Waals surface area contributed by atoms with Gasteiger partial charge >= 0.3 is 0 Å². The van der Waals surface area contributed by atoms with E-state index in [1.165, 1.54) is 0 Å². The Morgan fingerprint density at radius 1 is 1.40 bits per heavy atom. The first-order valence-corrected chi connectivity index (χ1v) is 6.63. The zero-order chi connectivity index (χ0) is 14.5. The Hall–Kier alpha value is -2.08. The van der Waals surface area contributed by atoms with Crippen LogP contribution in [0, 0.1) is 0 Å². The summed E-state index contributed by atoms with van der Waals surface area (Å²) in [6, 6.07) is 6.96. The summed E-state index contributed by atoms with van der Waals surface area (Å²) in [6.07, 6.45) is 2.11. The van der Waals surface area contributed by atoms with Crippen molar-refractivity contribution in [2.45, 2.75) is 25.3 Å². The van der Waals surface area contributed by atoms with Crippen LogP contribution in [0.4, 0.5) is 0 Å². The smallest absolute Gasteiger partial charge is 0.227 e. The van der Waals surface area contributed by atoms with Crippen molar-refractivity contribution >= 4 is 11.7 Å². The number of amides is 1. The molecule has 0 bridgehead atoms. The molecule has 0 aromatic heterocycles. The lowest BCUT2D eigenvalue weighted by Gasteiger charge is -2.23. The molecule has 6 nitrogen and oxygen atoms in total. The van der Waals surface area contributed by atoms with Crippen LogP contribution in [0.3, 0.4) is 0 Å². The van der Waals surface area contributed by atoms with Gasteiger partial charge in [-0.15, -0.1) is 0 Å². The number of rotatable bonds is 4. The summed E-state index contributed by atoms with van der Waals surface area (Å²) in [6.45, 7) is 0.737. The first-order valence-electron chi connectivity index (χ1n) is 6.63. The second-order valence-corrected chi connectivity index (χ2v) is 4.92. The molecule has 1 amide bonds. The molecule has 1 aromatic rings. The molecular weight excluding hydrogens is 258 g/mol. The number of nitrogens with two attached hydrogens (primary N) is 1. The van der Waals surface area contributed by atoms with Gasteiger partial charge in [-0.2, -0.15) is 0 Å². The summed E-state index contributed by atoms with van der Waals surface area (Å²) in [4.78, 5) is 13.9. The Balaban J connectivity index is 2.01. The van der Waals surface area contributed by atoms with Crippen LogP contribution in [-0.4, -0.2) is 46.1 Å². The van der Waals surface area contributed by atoms with Crippen molar-refractivity contribution in [2.75, 3.05) is 13.2 Å². The van der Waals surface area contributed by atoms with Crippen LogP contribution in [0.2, 0.25) is 0 Å². The van der Waals surface area contributed by atoms with E-state index in [1.54, 1.807) is 29.2 Å². The van der Waals surface area contributed by atoms with Crippen LogP contribution < -0.4 is 5.73 Å². The van der Waals surface area contributed by atoms with Crippen LogP contribution in [-0.2, 0) is 11.2 Å². The highest BCUT2D eigenvalue weighted by atomic mass is 16.4. The number of carbonyl (C=O) groups is 1. The molecule has 6 heteroatoms. The van der Waals surface area contributed by atoms with Gasteiger partial charge in [0.1, 0.15) is 0 Å². The number of hydrogen-bond acceptors (Lipinski definition) is 4. The topological polar surface area (TPSA) is 99.2 Å². The van der Waals surface area contributed by atoms with Gasteiger partial charge in [0, 0.05) is 12.1 Å². The van der Waals surface area contributed by atoms with Crippen molar-refractivity contribution in [1.82, 2.24) is 4.90 Å². The Bertz CT molecular complexity index is 499. The maximum absolute atomic E-state index is 12.2. The fourth-order valence-corrected chi connectivity index (χ4v) is 2.48. The van der Waals surface area contributed by atoms with E-state index < -0.39 is 0 Å². The average molecular weight is 277 g/mol. The van der Waals surface area contributed by atoms with E-state index in [0.29, 0.717) is 18.5 Å². The Kier molecular flexibility index (Phi) is 4.57. The molecule has 0 spiro atoms. The zero-order valence-corrected chi connectivity index (χ0v) is 11.2. The van der Waals surface area contributed by atoms with E-state index in [9.17, 15) is 9.90 Å². The van der Waals surface area contributed by atoms with Gasteiger partial charge in [0.15, 0.2) is 5.84 Å². The quantitative estimate of drug-likeness (QED) is 0.319. The van der Waals surface area contributed by atoms with E-state index in [-0.39, 0.29) is 24.4 Å². The predicted octanol–water partition coefficient (Wildman–Crippen LogP) is 0.307. The number of benzene rings is 1. The SMILES string of the molecule is NC(=NO)c1ccc(CC(=O)N2CCCC2CO)cc1. The molecule has 1 aliphatic heterocycles. The fraction of sp³-hybridized carbons (Fsp3) is 0.429. The van der Waals surface area contributed by atoms with Crippen molar-refractivity contribution in [3.05, 3.63) is 35.4 Å². The first-order chi connectivity index (χ1) is 9.65. The molecule has 0 radical (unpaired) electrons. The lowest BCUT2D eigenvalue weighted by molar-refractivity contribution is -0.131. The van der Waals surface area contributed by atoms with Crippen LogP contribution >= 0.6 is 0 Å². The van der Waals surface area contributed by atoms with Crippen LogP contribution in [0.15, 0.2) is 29.4 Å². The van der Waals surface area contributed by atoms with Crippen molar-refractivity contribution in [2.24, 2.45) is 10.9 Å². The van der Waals surface area contributed by atoms with Crippen molar-refractivity contribution < 1.29 is 15.1 Å². The monoisotopic (exact) mass is 277 g/mol. The lowest BCUT2D eigenvalue weighted by atomic mass is 10.1. The molecule has 1 unspecified atom stereocenters. The highest BCUT2D eigenvalue weighted by Gasteiger charge is 2.27. The summed E-state index contributed by atoms with van der Waals surface area (Å²) < 4.78 is 0. The maximum atomic E-state index is 12.2. The van der Waals surface area contributed by atoms with Gasteiger partial charge in [-0.3, -0.25) is 4.79 Å². The normalized spacial score (nSPS) is 19.4. The van der Waals surface area contributed by atoms with E-state index >= 15 is 0 Å². The molecule has 2 rings (SSSR count). The highest BCUT2D eigenvalue weighted by Crippen LogP contribution is 2.18. The molecular formula is C14H19N3O3. The summed E-state index contributed by atoms with van der Waals surface area (Å²) in [5.74, 6) is 0.0702. The van der Waals surface area contributed by atoms with Gasteiger partial charge < -0.3 is 20.9 Å². The highest BCUT2D eigenvalue weighted by molar-refractivity contribution is 5.97. The molecule has 1 heterocycles. The molecule has 108 valence electrons. The number of likely N-dealkylation sites (tertiary alicyclic amines) is 1. The summed E-state index contributed by atoms with van der Waals surface area (Å²) in [5.41, 5.74) is 6.96. The fourth-order valence-electron chi connectivity index (χ4n) is 2.48. The van der Waals surface area contributed by atoms with Crippen molar-refractivity contribution in [3.63, 3.8) is 0 Å². The molecule has 20 heavy (non-hydrogen) atoms. The molecule has 1 fully saturated rings. The van der Waals surface area contributed by atoms with E-state index in [4.69, 9.17) is 10.9 Å². The third-order valence-corrected chi connectivity index (χ3v) is 3.62. The van der Waals surface area contributed by atoms with Gasteiger partial charge in [-0.25, -0.2) is 0 Å². The minimum absolute atomic E-state index is 0.0220. The molecule has 4 N–H and O–H groups in total. The standard InChI is InChI=1S/C14H19N3O3/c15-14(16-20)11-5-3-10(4-6-11)8-13(19)17-7-1-2-12(17)9-18/h3-6,12,18,20H,1-2,7-9H2,(H2,15,16). The number of nitrogens with zero attached hydrogens (tertiary/aromatic N) is 2. The van der Waals surface area contributed by atoms with Crippen LogP contribution in [0.1, 0.15) is 24.0 Å². The Labute approximate surface area is 117 Å². The second-order valence-electron chi connectivity index (χ2n) is 4.92. The van der Waals surface area contributed by atoms with Gasteiger partial charge in [-0.05, 0) is 18.4 Å². The largest absolute Gasteiger partial charge is 0.409 e. The Morgan fingerprint density at radius 3 is 2.70 bits per heavy atom. The first kappa shape index (κ1) is 14.3. The number of carbonyl (C=O) groups excluding carboxylic acids is 1. The van der Waals surface area contributed by atoms with E-state index in [1.807, 2.05) is 0 Å². The third kappa shape index (κ3) is 3.08. The minimum Gasteiger partial charge on any atom is -0.409 e. The van der Waals surface area contributed by atoms with Crippen LogP contribution in [0.25, 0.3) is 0 Å². The van der Waals surface area contributed by atoms with Gasteiger partial charge in [0.2, 0.25) is 5.91 Å². The molecule has 1 aliphatic rings. The van der Waals surface area contributed by atoms with Crippen molar-refractivity contribution in [3.8, 4) is 0 Å². The van der Waals surface area contributed by atoms with E-state index in [2.05, 4.69) is 5.16 Å². The van der Waals surface area contributed by atoms with Gasteiger partial charge in [0.05, 0.1) is 19.1 Å². The molecule has 0 saturated carbocycles. The Morgan fingerprint density at radius 2 is 2.10 bits per heavy atom. The third-order valence-electron chi connectivity index (χ3n) is 3.62. The lowest BCUT2D eigenvalue weighted by Crippen LogP contribution is -2.38. The molecule has 1 atom stereocenters. The van der Waals surface area contributed by atoms with Gasteiger partial charge in [0.25, 0.3) is 0 Å². The number of hydrogen-bond donors (Lipinski definition) is 3. The van der Waals surface area contributed by atoms with E-state index in [0.717, 1.165) is 18.4 Å². The second kappa shape index (κ2) is 6.38. The number of amidine groups is 1. The predicted molar refractivity (Wildman–Crippen MR) is 74.5 cm³/mol. The zero-order valence-electron chi connectivity index (χ0n) is 11.2. The molecule has 1 aromatic carbocycles. The summed E-state index contributed by atoms with van der Waals surface area (Å²) in [5, 5.41) is 20.7. The van der Waals surface area contributed by atoms with Crippen LogP contribution in [0.5, 0.6) is 0 Å². The summed E-state index contributed by atoms with van der Waals surface area (Å²) in [7, 11) is 0. The number of aliphatic hydroxyl groups excluding tert-OH is 1. The average Bonchev–Trinajstić information content (AvgIpc) is 2.95. The minimum atomic E-state index is -0.0426. The molecule has 0 aliphatic carbocycles.